The highest BCUT2D eigenvalue weighted by Crippen LogP contribution is 2.27. The largest absolute Gasteiger partial charge is 0.379 e. The highest BCUT2D eigenvalue weighted by Gasteiger charge is 2.27. The molecular weight excluding hydrogens is 398 g/mol. The highest BCUT2D eigenvalue weighted by atomic mass is 32.2. The average molecular weight is 428 g/mol. The van der Waals surface area contributed by atoms with E-state index in [1.807, 2.05) is 66.3 Å². The number of fused-ring (bicyclic) bond motifs is 1. The minimum absolute atomic E-state index is 0.359. The van der Waals surface area contributed by atoms with E-state index in [-0.39, 0.29) is 0 Å². The van der Waals surface area contributed by atoms with Crippen LogP contribution in [0.15, 0.2) is 65.7 Å². The molecule has 0 radical (unpaired) electrons. The van der Waals surface area contributed by atoms with Gasteiger partial charge in [-0.3, -0.25) is 4.90 Å². The molecular formula is C23H29N3O3S. The molecule has 7 heteroatoms. The maximum absolute atomic E-state index is 13.7. The summed E-state index contributed by atoms with van der Waals surface area (Å²) in [5, 5.41) is 1.70. The van der Waals surface area contributed by atoms with E-state index >= 15 is 0 Å². The summed E-state index contributed by atoms with van der Waals surface area (Å²) in [6.45, 7) is 5.04. The molecule has 0 spiro atoms. The van der Waals surface area contributed by atoms with Crippen molar-refractivity contribution in [2.45, 2.75) is 17.9 Å². The summed E-state index contributed by atoms with van der Waals surface area (Å²) in [7, 11) is -1.70. The fraction of sp³-hybridized carbons (Fsp3) is 0.391. The van der Waals surface area contributed by atoms with Crippen molar-refractivity contribution >= 4 is 20.8 Å². The molecule has 2 aromatic carbocycles. The normalized spacial score (nSPS) is 15.8. The van der Waals surface area contributed by atoms with Crippen LogP contribution < -0.4 is 0 Å². The molecule has 1 aliphatic heterocycles. The zero-order chi connectivity index (χ0) is 21.0. The number of aromatic nitrogens is 1. The number of aryl methyl sites for hydroxylation is 1. The molecule has 2 heterocycles. The summed E-state index contributed by atoms with van der Waals surface area (Å²) in [5.74, 6) is 0. The number of benzene rings is 2. The fourth-order valence-electron chi connectivity index (χ4n) is 3.98. The monoisotopic (exact) mass is 427 g/mol. The molecule has 0 aliphatic carbocycles. The van der Waals surface area contributed by atoms with Gasteiger partial charge in [-0.1, -0.05) is 36.4 Å². The van der Waals surface area contributed by atoms with Gasteiger partial charge in [0.15, 0.2) is 0 Å². The third-order valence-electron chi connectivity index (χ3n) is 5.74. The Bertz CT molecular complexity index is 1080. The molecule has 1 aliphatic rings. The zero-order valence-electron chi connectivity index (χ0n) is 17.4. The number of hydrogen-bond donors (Lipinski definition) is 0. The molecule has 0 unspecified atom stereocenters. The van der Waals surface area contributed by atoms with Crippen molar-refractivity contribution in [1.82, 2.24) is 13.8 Å². The summed E-state index contributed by atoms with van der Waals surface area (Å²) in [6, 6.07) is 17.1. The van der Waals surface area contributed by atoms with Gasteiger partial charge in [0, 0.05) is 44.0 Å². The first-order valence-electron chi connectivity index (χ1n) is 10.4. The molecule has 1 aromatic heterocycles. The van der Waals surface area contributed by atoms with Gasteiger partial charge in [0.05, 0.1) is 24.7 Å². The van der Waals surface area contributed by atoms with Crippen LogP contribution in [0.25, 0.3) is 10.8 Å². The standard InChI is InChI=1S/C23H29N3O3S/c1-24-12-5-9-21(24)19-26(14-6-13-25-15-17-29-18-16-25)30(27,28)23-11-4-8-20-7-2-3-10-22(20)23/h2-5,7-12H,6,13-19H2,1H3. The Morgan fingerprint density at radius 1 is 1.00 bits per heavy atom. The number of rotatable bonds is 8. The lowest BCUT2D eigenvalue weighted by molar-refractivity contribution is 0.0368. The molecule has 1 fully saturated rings. The Hall–Kier alpha value is -2.19. The maximum Gasteiger partial charge on any atom is 0.244 e. The Labute approximate surface area is 178 Å². The fourth-order valence-corrected chi connectivity index (χ4v) is 5.65. The number of ether oxygens (including phenoxy) is 1. The summed E-state index contributed by atoms with van der Waals surface area (Å²) < 4.78 is 36.5. The Morgan fingerprint density at radius 2 is 1.77 bits per heavy atom. The van der Waals surface area contributed by atoms with Crippen molar-refractivity contribution in [3.05, 3.63) is 66.5 Å². The molecule has 4 rings (SSSR count). The second-order valence-corrected chi connectivity index (χ2v) is 9.64. The van der Waals surface area contributed by atoms with Crippen LogP contribution in [0.4, 0.5) is 0 Å². The minimum Gasteiger partial charge on any atom is -0.379 e. The first-order valence-corrected chi connectivity index (χ1v) is 11.9. The third kappa shape index (κ3) is 4.59. The molecule has 0 N–H and O–H groups in total. The third-order valence-corrected chi connectivity index (χ3v) is 7.65. The SMILES string of the molecule is Cn1cccc1CN(CCCN1CCOCC1)S(=O)(=O)c1cccc2ccccc12. The van der Waals surface area contributed by atoms with E-state index in [4.69, 9.17) is 4.74 Å². The van der Waals surface area contributed by atoms with Gasteiger partial charge in [-0.25, -0.2) is 8.42 Å². The van der Waals surface area contributed by atoms with E-state index in [1.165, 1.54) is 0 Å². The first kappa shape index (κ1) is 21.1. The molecule has 0 atom stereocenters. The van der Waals surface area contributed by atoms with Crippen LogP contribution >= 0.6 is 0 Å². The van der Waals surface area contributed by atoms with Crippen LogP contribution in [0.1, 0.15) is 12.1 Å². The van der Waals surface area contributed by atoms with E-state index < -0.39 is 10.0 Å². The lowest BCUT2D eigenvalue weighted by Crippen LogP contribution is -2.39. The number of nitrogens with zero attached hydrogens (tertiary/aromatic N) is 3. The van der Waals surface area contributed by atoms with Crippen molar-refractivity contribution in [2.24, 2.45) is 7.05 Å². The summed E-state index contributed by atoms with van der Waals surface area (Å²) in [4.78, 5) is 2.72. The summed E-state index contributed by atoms with van der Waals surface area (Å²) in [6.07, 6.45) is 2.74. The van der Waals surface area contributed by atoms with Crippen molar-refractivity contribution in [2.75, 3.05) is 39.4 Å². The summed E-state index contributed by atoms with van der Waals surface area (Å²) in [5.41, 5.74) is 0.977. The molecule has 0 amide bonds. The highest BCUT2D eigenvalue weighted by molar-refractivity contribution is 7.89. The van der Waals surface area contributed by atoms with Crippen LogP contribution in [0.3, 0.4) is 0 Å². The predicted molar refractivity (Wildman–Crippen MR) is 119 cm³/mol. The van der Waals surface area contributed by atoms with Gasteiger partial charge in [0.25, 0.3) is 0 Å². The minimum atomic E-state index is -3.65. The summed E-state index contributed by atoms with van der Waals surface area (Å²) >= 11 is 0. The lowest BCUT2D eigenvalue weighted by Gasteiger charge is -2.28. The van der Waals surface area contributed by atoms with Gasteiger partial charge in [0.1, 0.15) is 0 Å². The van der Waals surface area contributed by atoms with Crippen molar-refractivity contribution in [3.63, 3.8) is 0 Å². The molecule has 1 saturated heterocycles. The smallest absolute Gasteiger partial charge is 0.244 e. The van der Waals surface area contributed by atoms with Crippen molar-refractivity contribution in [3.8, 4) is 0 Å². The van der Waals surface area contributed by atoms with Gasteiger partial charge in [-0.2, -0.15) is 4.31 Å². The molecule has 0 bridgehead atoms. The quantitative estimate of drug-likeness (QED) is 0.554. The Morgan fingerprint density at radius 3 is 2.53 bits per heavy atom. The van der Waals surface area contributed by atoms with Gasteiger partial charge in [-0.05, 0) is 36.6 Å². The molecule has 0 saturated carbocycles. The molecule has 160 valence electrons. The van der Waals surface area contributed by atoms with E-state index in [0.29, 0.717) is 18.0 Å². The average Bonchev–Trinajstić information content (AvgIpc) is 3.17. The maximum atomic E-state index is 13.7. The second kappa shape index (κ2) is 9.31. The van der Waals surface area contributed by atoms with Gasteiger partial charge in [0.2, 0.25) is 10.0 Å². The number of morpholine rings is 1. The van der Waals surface area contributed by atoms with E-state index in [2.05, 4.69) is 4.90 Å². The molecule has 6 nitrogen and oxygen atoms in total. The van der Waals surface area contributed by atoms with Crippen LogP contribution in [0, 0.1) is 0 Å². The zero-order valence-corrected chi connectivity index (χ0v) is 18.2. The van der Waals surface area contributed by atoms with E-state index in [1.54, 1.807) is 10.4 Å². The van der Waals surface area contributed by atoms with Crippen LogP contribution in [-0.2, 0) is 28.4 Å². The van der Waals surface area contributed by atoms with Crippen molar-refractivity contribution < 1.29 is 13.2 Å². The van der Waals surface area contributed by atoms with Gasteiger partial charge < -0.3 is 9.30 Å². The molecule has 3 aromatic rings. The Kier molecular flexibility index (Phi) is 6.53. The van der Waals surface area contributed by atoms with Crippen LogP contribution in [-0.4, -0.2) is 61.6 Å². The van der Waals surface area contributed by atoms with Crippen LogP contribution in [0.5, 0.6) is 0 Å². The van der Waals surface area contributed by atoms with E-state index in [0.717, 1.165) is 55.7 Å². The topological polar surface area (TPSA) is 54.8 Å². The second-order valence-electron chi connectivity index (χ2n) is 7.73. The van der Waals surface area contributed by atoms with Gasteiger partial charge >= 0.3 is 0 Å². The van der Waals surface area contributed by atoms with E-state index in [9.17, 15) is 8.42 Å². The van der Waals surface area contributed by atoms with Gasteiger partial charge in [-0.15, -0.1) is 0 Å². The number of hydrogen-bond acceptors (Lipinski definition) is 4. The Balaban J connectivity index is 1.60. The molecule has 30 heavy (non-hydrogen) atoms. The predicted octanol–water partition coefficient (Wildman–Crippen LogP) is 3.09. The first-order chi connectivity index (χ1) is 14.6. The van der Waals surface area contributed by atoms with Crippen molar-refractivity contribution in [1.29, 1.82) is 0 Å². The number of sulfonamides is 1. The van der Waals surface area contributed by atoms with Crippen LogP contribution in [0.2, 0.25) is 0 Å². The lowest BCUT2D eigenvalue weighted by atomic mass is 10.1.